The third-order valence-corrected chi connectivity index (χ3v) is 4.79. The fraction of sp³-hybridized carbons (Fsp3) is 1.00. The van der Waals surface area contributed by atoms with Gasteiger partial charge in [0.2, 0.25) is 0 Å². The van der Waals surface area contributed by atoms with Crippen molar-refractivity contribution < 1.29 is 9.47 Å². The first-order valence-corrected chi connectivity index (χ1v) is 9.05. The van der Waals surface area contributed by atoms with Crippen LogP contribution in [0.5, 0.6) is 0 Å². The normalized spacial score (nSPS) is 16.1. The van der Waals surface area contributed by atoms with Crippen LogP contribution in [-0.2, 0) is 9.47 Å². The highest BCUT2D eigenvalue weighted by molar-refractivity contribution is 4.83. The summed E-state index contributed by atoms with van der Waals surface area (Å²) in [6.45, 7) is 10.2. The molecule has 21 heavy (non-hydrogen) atoms. The summed E-state index contributed by atoms with van der Waals surface area (Å²) in [5, 5.41) is 0. The molecule has 2 atom stereocenters. The third-order valence-electron chi connectivity index (χ3n) is 4.79. The van der Waals surface area contributed by atoms with Gasteiger partial charge in [0.15, 0.2) is 0 Å². The van der Waals surface area contributed by atoms with Gasteiger partial charge in [-0.1, -0.05) is 59.8 Å². The van der Waals surface area contributed by atoms with Crippen LogP contribution in [-0.4, -0.2) is 26.9 Å². The maximum Gasteiger partial charge on any atom is 0.0598 e. The molecule has 0 amide bonds. The van der Waals surface area contributed by atoms with Gasteiger partial charge in [-0.2, -0.15) is 0 Å². The largest absolute Gasteiger partial charge is 0.385 e. The highest BCUT2D eigenvalue weighted by Crippen LogP contribution is 2.41. The van der Waals surface area contributed by atoms with Crippen LogP contribution < -0.4 is 0 Å². The lowest BCUT2D eigenvalue weighted by Crippen LogP contribution is -2.29. The first kappa shape index (κ1) is 20.9. The van der Waals surface area contributed by atoms with Crippen LogP contribution in [0.25, 0.3) is 0 Å². The Morgan fingerprint density at radius 3 is 2.14 bits per heavy atom. The molecule has 0 aromatic heterocycles. The average Bonchev–Trinajstić information content (AvgIpc) is 2.47. The Morgan fingerprint density at radius 2 is 1.67 bits per heavy atom. The fourth-order valence-electron chi connectivity index (χ4n) is 3.58. The molecule has 0 heterocycles. The van der Waals surface area contributed by atoms with E-state index in [2.05, 4.69) is 27.7 Å². The van der Waals surface area contributed by atoms with Gasteiger partial charge in [0, 0.05) is 20.8 Å². The summed E-state index contributed by atoms with van der Waals surface area (Å²) in [4.78, 5) is 0. The van der Waals surface area contributed by atoms with E-state index in [0.717, 1.165) is 18.9 Å². The molecule has 0 rings (SSSR count). The van der Waals surface area contributed by atoms with E-state index in [1.165, 1.54) is 51.4 Å². The molecule has 0 N–H and O–H groups in total. The standard InChI is InChI=1S/C19H40O2/c1-7-9-10-11-13-19(8-2,15-17(3)4)16-18(21-6)12-14-20-5/h17-18H,7-16H2,1-6H3. The molecule has 128 valence electrons. The monoisotopic (exact) mass is 300 g/mol. The molecule has 0 aliphatic rings. The van der Waals surface area contributed by atoms with Crippen LogP contribution in [0.2, 0.25) is 0 Å². The predicted molar refractivity (Wildman–Crippen MR) is 92.8 cm³/mol. The van der Waals surface area contributed by atoms with Crippen LogP contribution in [0.1, 0.15) is 85.5 Å². The molecular weight excluding hydrogens is 260 g/mol. The number of unbranched alkanes of at least 4 members (excludes halogenated alkanes) is 3. The van der Waals surface area contributed by atoms with Crippen molar-refractivity contribution >= 4 is 0 Å². The lowest BCUT2D eigenvalue weighted by molar-refractivity contribution is 0.0150. The van der Waals surface area contributed by atoms with E-state index in [9.17, 15) is 0 Å². The Morgan fingerprint density at radius 1 is 0.952 bits per heavy atom. The zero-order chi connectivity index (χ0) is 16.1. The van der Waals surface area contributed by atoms with Crippen molar-refractivity contribution in [3.8, 4) is 0 Å². The van der Waals surface area contributed by atoms with E-state index < -0.39 is 0 Å². The molecule has 0 fully saturated rings. The van der Waals surface area contributed by atoms with Crippen molar-refractivity contribution in [2.75, 3.05) is 20.8 Å². The first-order chi connectivity index (χ1) is 10.0. The van der Waals surface area contributed by atoms with E-state index in [0.29, 0.717) is 11.5 Å². The number of hydrogen-bond acceptors (Lipinski definition) is 2. The van der Waals surface area contributed by atoms with Crippen molar-refractivity contribution in [2.45, 2.75) is 91.6 Å². The lowest BCUT2D eigenvalue weighted by atomic mass is 9.70. The average molecular weight is 301 g/mol. The van der Waals surface area contributed by atoms with Crippen molar-refractivity contribution in [3.05, 3.63) is 0 Å². The summed E-state index contributed by atoms with van der Waals surface area (Å²) in [7, 11) is 3.63. The second-order valence-electron chi connectivity index (χ2n) is 7.11. The molecule has 2 nitrogen and oxygen atoms in total. The zero-order valence-electron chi connectivity index (χ0n) is 15.5. The van der Waals surface area contributed by atoms with Crippen LogP contribution in [0, 0.1) is 11.3 Å². The first-order valence-electron chi connectivity index (χ1n) is 9.05. The van der Waals surface area contributed by atoms with E-state index >= 15 is 0 Å². The van der Waals surface area contributed by atoms with E-state index in [-0.39, 0.29) is 0 Å². The second-order valence-corrected chi connectivity index (χ2v) is 7.11. The van der Waals surface area contributed by atoms with Crippen molar-refractivity contribution in [3.63, 3.8) is 0 Å². The Balaban J connectivity index is 4.65. The molecule has 0 aliphatic heterocycles. The highest BCUT2D eigenvalue weighted by Gasteiger charge is 2.31. The maximum atomic E-state index is 5.74. The minimum absolute atomic E-state index is 0.342. The number of methoxy groups -OCH3 is 2. The summed E-state index contributed by atoms with van der Waals surface area (Å²) < 4.78 is 11.0. The van der Waals surface area contributed by atoms with Gasteiger partial charge in [-0.3, -0.25) is 0 Å². The number of ether oxygens (including phenoxy) is 2. The van der Waals surface area contributed by atoms with Gasteiger partial charge in [-0.25, -0.2) is 0 Å². The van der Waals surface area contributed by atoms with E-state index in [4.69, 9.17) is 9.47 Å². The molecular formula is C19H40O2. The zero-order valence-corrected chi connectivity index (χ0v) is 15.5. The summed E-state index contributed by atoms with van der Waals surface area (Å²) in [6.07, 6.45) is 11.9. The van der Waals surface area contributed by atoms with Gasteiger partial charge >= 0.3 is 0 Å². The topological polar surface area (TPSA) is 18.5 Å². The SMILES string of the molecule is CCCCCCC(CC)(CC(C)C)CC(CCOC)OC. The van der Waals surface area contributed by atoms with Crippen molar-refractivity contribution in [2.24, 2.45) is 11.3 Å². The quantitative estimate of drug-likeness (QED) is 0.375. The van der Waals surface area contributed by atoms with Gasteiger partial charge < -0.3 is 9.47 Å². The van der Waals surface area contributed by atoms with Gasteiger partial charge in [-0.15, -0.1) is 0 Å². The fourth-order valence-corrected chi connectivity index (χ4v) is 3.58. The molecule has 0 radical (unpaired) electrons. The van der Waals surface area contributed by atoms with Crippen LogP contribution >= 0.6 is 0 Å². The molecule has 0 aromatic carbocycles. The third kappa shape index (κ3) is 9.52. The molecule has 0 spiro atoms. The Kier molecular flexibility index (Phi) is 12.4. The molecule has 0 bridgehead atoms. The molecule has 0 saturated heterocycles. The van der Waals surface area contributed by atoms with Gasteiger partial charge in [0.1, 0.15) is 0 Å². The summed E-state index contributed by atoms with van der Waals surface area (Å²) >= 11 is 0. The highest BCUT2D eigenvalue weighted by atomic mass is 16.5. The number of rotatable bonds is 14. The van der Waals surface area contributed by atoms with Crippen LogP contribution in [0.3, 0.4) is 0 Å². The summed E-state index contributed by atoms with van der Waals surface area (Å²) in [6, 6.07) is 0. The maximum absolute atomic E-state index is 5.74. The lowest BCUT2D eigenvalue weighted by Gasteiger charge is -2.37. The molecule has 0 saturated carbocycles. The summed E-state index contributed by atoms with van der Waals surface area (Å²) in [5.74, 6) is 0.760. The van der Waals surface area contributed by atoms with Crippen molar-refractivity contribution in [1.82, 2.24) is 0 Å². The Hall–Kier alpha value is -0.0800. The molecule has 0 aromatic rings. The minimum atomic E-state index is 0.342. The minimum Gasteiger partial charge on any atom is -0.385 e. The molecule has 2 unspecified atom stereocenters. The van der Waals surface area contributed by atoms with E-state index in [1.54, 1.807) is 7.11 Å². The second kappa shape index (κ2) is 12.5. The molecule has 2 heteroatoms. The Labute approximate surface area is 134 Å². The van der Waals surface area contributed by atoms with Crippen LogP contribution in [0.4, 0.5) is 0 Å². The van der Waals surface area contributed by atoms with Gasteiger partial charge in [0.05, 0.1) is 6.10 Å². The van der Waals surface area contributed by atoms with Gasteiger partial charge in [-0.05, 0) is 37.0 Å². The smallest absolute Gasteiger partial charge is 0.0598 e. The van der Waals surface area contributed by atoms with E-state index in [1.807, 2.05) is 7.11 Å². The molecule has 0 aliphatic carbocycles. The Bertz CT molecular complexity index is 228. The van der Waals surface area contributed by atoms with Crippen LogP contribution in [0.15, 0.2) is 0 Å². The van der Waals surface area contributed by atoms with Crippen molar-refractivity contribution in [1.29, 1.82) is 0 Å². The predicted octanol–water partition coefficient (Wildman–Crippen LogP) is 5.84. The van der Waals surface area contributed by atoms with Gasteiger partial charge in [0.25, 0.3) is 0 Å². The number of hydrogen-bond donors (Lipinski definition) is 0. The summed E-state index contributed by atoms with van der Waals surface area (Å²) in [5.41, 5.74) is 0.455.